The van der Waals surface area contributed by atoms with Crippen LogP contribution in [0.25, 0.3) is 0 Å². The number of rotatable bonds is 1. The number of hydrogen-bond donors (Lipinski definition) is 0. The van der Waals surface area contributed by atoms with E-state index in [9.17, 15) is 4.79 Å². The Morgan fingerprint density at radius 3 is 2.89 bits per heavy atom. The van der Waals surface area contributed by atoms with Gasteiger partial charge in [0.1, 0.15) is 0 Å². The summed E-state index contributed by atoms with van der Waals surface area (Å²) in [7, 11) is 0.739. The van der Waals surface area contributed by atoms with Crippen LogP contribution >= 0.6 is 8.19 Å². The van der Waals surface area contributed by atoms with Gasteiger partial charge in [-0.3, -0.25) is 4.79 Å². The van der Waals surface area contributed by atoms with Gasteiger partial charge >= 0.3 is 0 Å². The van der Waals surface area contributed by atoms with Gasteiger partial charge in [-0.05, 0) is 29.6 Å². The summed E-state index contributed by atoms with van der Waals surface area (Å²) >= 11 is 0. The van der Waals surface area contributed by atoms with Crippen molar-refractivity contribution in [2.75, 3.05) is 0 Å². The van der Waals surface area contributed by atoms with E-state index in [0.29, 0.717) is 0 Å². The molecule has 1 aromatic heterocycles. The highest BCUT2D eigenvalue weighted by Gasteiger charge is 1.85. The van der Waals surface area contributed by atoms with E-state index in [-0.39, 0.29) is 5.43 Å². The smallest absolute Gasteiger partial charge is 0.179 e. The zero-order valence-electron chi connectivity index (χ0n) is 5.35. The third kappa shape index (κ3) is 1.69. The Bertz CT molecular complexity index is 239. The van der Waals surface area contributed by atoms with Gasteiger partial charge in [0, 0.05) is 0 Å². The van der Waals surface area contributed by atoms with Crippen LogP contribution in [0.5, 0.6) is 0 Å². The summed E-state index contributed by atoms with van der Waals surface area (Å²) in [5.74, 6) is 1.95. The van der Waals surface area contributed by atoms with E-state index in [4.69, 9.17) is 0 Å². The fourth-order valence-corrected chi connectivity index (χ4v) is 1.59. The standard InChI is InChI=1S/C7H9OP/c1-2-7-5-6(8)3-4-9-7/h3-5,9H,2H2,1H3. The second-order valence-corrected chi connectivity index (χ2v) is 3.17. The van der Waals surface area contributed by atoms with Crippen LogP contribution in [0.3, 0.4) is 0 Å². The molecule has 1 aromatic rings. The summed E-state index contributed by atoms with van der Waals surface area (Å²) in [5.41, 5.74) is 0.144. The van der Waals surface area contributed by atoms with E-state index >= 15 is 0 Å². The Labute approximate surface area is 55.8 Å². The maximum absolute atomic E-state index is 10.7. The monoisotopic (exact) mass is 140 g/mol. The second kappa shape index (κ2) is 2.84. The molecule has 0 aliphatic heterocycles. The molecule has 1 unspecified atom stereocenters. The predicted molar refractivity (Wildman–Crippen MR) is 41.6 cm³/mol. The Morgan fingerprint density at radius 2 is 2.44 bits per heavy atom. The molecule has 48 valence electrons. The van der Waals surface area contributed by atoms with Crippen molar-refractivity contribution in [2.45, 2.75) is 13.3 Å². The summed E-state index contributed by atoms with van der Waals surface area (Å²) < 4.78 is 0. The van der Waals surface area contributed by atoms with Gasteiger partial charge in [-0.1, -0.05) is 6.92 Å². The third-order valence-corrected chi connectivity index (χ3v) is 2.42. The first-order valence-electron chi connectivity index (χ1n) is 3.00. The zero-order chi connectivity index (χ0) is 6.69. The van der Waals surface area contributed by atoms with Crippen molar-refractivity contribution in [3.63, 3.8) is 0 Å². The van der Waals surface area contributed by atoms with E-state index in [1.165, 1.54) is 5.30 Å². The Hall–Kier alpha value is -0.550. The van der Waals surface area contributed by atoms with Crippen LogP contribution in [0, 0.1) is 0 Å². The van der Waals surface area contributed by atoms with Crippen molar-refractivity contribution in [1.82, 2.24) is 0 Å². The van der Waals surface area contributed by atoms with Gasteiger partial charge < -0.3 is 0 Å². The highest BCUT2D eigenvalue weighted by atomic mass is 31.0. The first-order chi connectivity index (χ1) is 4.33. The lowest BCUT2D eigenvalue weighted by Gasteiger charge is -1.89. The second-order valence-electron chi connectivity index (χ2n) is 1.90. The highest BCUT2D eigenvalue weighted by Crippen LogP contribution is 2.09. The SMILES string of the molecule is CCc1cc(=O)cc[pH]1. The van der Waals surface area contributed by atoms with Gasteiger partial charge in [0.15, 0.2) is 5.43 Å². The van der Waals surface area contributed by atoms with E-state index in [1.54, 1.807) is 12.1 Å². The molecule has 0 aromatic carbocycles. The van der Waals surface area contributed by atoms with Crippen LogP contribution in [0.15, 0.2) is 22.7 Å². The van der Waals surface area contributed by atoms with Crippen LogP contribution in [-0.2, 0) is 6.42 Å². The molecule has 0 bridgehead atoms. The number of hydrogen-bond acceptors (Lipinski definition) is 1. The zero-order valence-corrected chi connectivity index (χ0v) is 6.35. The normalized spacial score (nSPS) is 10.3. The molecule has 0 spiro atoms. The van der Waals surface area contributed by atoms with Gasteiger partial charge in [0.2, 0.25) is 0 Å². The minimum absolute atomic E-state index is 0.144. The fraction of sp³-hybridized carbons (Fsp3) is 0.286. The summed E-state index contributed by atoms with van der Waals surface area (Å²) in [6.07, 6.45) is 1.01. The summed E-state index contributed by atoms with van der Waals surface area (Å²) in [4.78, 5) is 10.7. The molecular formula is C7H9OP. The maximum atomic E-state index is 10.7. The van der Waals surface area contributed by atoms with Crippen LogP contribution in [0.2, 0.25) is 0 Å². The summed E-state index contributed by atoms with van der Waals surface area (Å²) in [5, 5.41) is 1.27. The molecular weight excluding hydrogens is 131 g/mol. The average molecular weight is 140 g/mol. The quantitative estimate of drug-likeness (QED) is 0.579. The molecule has 1 heterocycles. The maximum Gasteiger partial charge on any atom is 0.179 e. The van der Waals surface area contributed by atoms with E-state index in [1.807, 2.05) is 5.80 Å². The first kappa shape index (κ1) is 6.57. The van der Waals surface area contributed by atoms with Crippen molar-refractivity contribution in [1.29, 1.82) is 0 Å². The lowest BCUT2D eigenvalue weighted by atomic mass is 10.4. The van der Waals surface area contributed by atoms with E-state index < -0.39 is 0 Å². The lowest BCUT2D eigenvalue weighted by molar-refractivity contribution is 1.18. The topological polar surface area (TPSA) is 17.1 Å². The third-order valence-electron chi connectivity index (χ3n) is 1.21. The van der Waals surface area contributed by atoms with Crippen molar-refractivity contribution >= 4 is 8.19 Å². The molecule has 0 N–H and O–H groups in total. The average Bonchev–Trinajstić information content (AvgIpc) is 1.88. The van der Waals surface area contributed by atoms with Gasteiger partial charge in [0.25, 0.3) is 0 Å². The van der Waals surface area contributed by atoms with Gasteiger partial charge in [0.05, 0.1) is 0 Å². The number of aryl methyl sites for hydroxylation is 1. The lowest BCUT2D eigenvalue weighted by Crippen LogP contribution is -1.93. The largest absolute Gasteiger partial charge is 0.290 e. The summed E-state index contributed by atoms with van der Waals surface area (Å²) in [6.45, 7) is 2.07. The van der Waals surface area contributed by atoms with Gasteiger partial charge in [-0.2, -0.15) is 0 Å². The van der Waals surface area contributed by atoms with Crippen molar-refractivity contribution in [3.05, 3.63) is 33.4 Å². The Morgan fingerprint density at radius 1 is 1.67 bits per heavy atom. The molecule has 0 amide bonds. The molecule has 0 aliphatic rings. The Kier molecular flexibility index (Phi) is 2.07. The highest BCUT2D eigenvalue weighted by molar-refractivity contribution is 7.29. The molecule has 1 nitrogen and oxygen atoms in total. The predicted octanol–water partition coefficient (Wildman–Crippen LogP) is 1.64. The molecule has 1 rings (SSSR count). The van der Waals surface area contributed by atoms with Crippen molar-refractivity contribution < 1.29 is 0 Å². The van der Waals surface area contributed by atoms with Crippen LogP contribution < -0.4 is 5.43 Å². The first-order valence-corrected chi connectivity index (χ1v) is 4.08. The van der Waals surface area contributed by atoms with Crippen LogP contribution in [0.1, 0.15) is 12.2 Å². The molecule has 2 heteroatoms. The van der Waals surface area contributed by atoms with Gasteiger partial charge in [-0.25, -0.2) is 0 Å². The van der Waals surface area contributed by atoms with E-state index in [0.717, 1.165) is 14.6 Å². The molecule has 0 aliphatic carbocycles. The molecule has 0 fully saturated rings. The minimum Gasteiger partial charge on any atom is -0.290 e. The molecule has 0 radical (unpaired) electrons. The van der Waals surface area contributed by atoms with Crippen molar-refractivity contribution in [3.8, 4) is 0 Å². The molecule has 9 heavy (non-hydrogen) atoms. The summed E-state index contributed by atoms with van der Waals surface area (Å²) in [6, 6.07) is 3.37. The Balaban J connectivity index is 3.08. The van der Waals surface area contributed by atoms with Crippen molar-refractivity contribution in [2.24, 2.45) is 0 Å². The minimum atomic E-state index is 0.144. The molecule has 1 atom stereocenters. The molecule has 0 saturated heterocycles. The molecule has 0 saturated carbocycles. The fourth-order valence-electron chi connectivity index (χ4n) is 0.696. The van der Waals surface area contributed by atoms with Gasteiger partial charge in [-0.15, -0.1) is 8.19 Å². The van der Waals surface area contributed by atoms with Crippen LogP contribution in [0.4, 0.5) is 0 Å². The van der Waals surface area contributed by atoms with Crippen LogP contribution in [-0.4, -0.2) is 0 Å². The van der Waals surface area contributed by atoms with E-state index in [2.05, 4.69) is 6.92 Å².